The molecule has 146 valence electrons. The second-order valence-electron chi connectivity index (χ2n) is 7.79. The zero-order valence-corrected chi connectivity index (χ0v) is 17.6. The molecule has 1 aliphatic rings. The number of carbonyl (C=O) groups is 1. The molecule has 2 aromatic rings. The summed E-state index contributed by atoms with van der Waals surface area (Å²) in [5.41, 5.74) is 1.38. The average Bonchev–Trinajstić information content (AvgIpc) is 2.60. The summed E-state index contributed by atoms with van der Waals surface area (Å²) in [5, 5.41) is 9.42. The molecule has 0 bridgehead atoms. The van der Waals surface area contributed by atoms with E-state index in [4.69, 9.17) is 4.98 Å². The Balaban J connectivity index is 1.58. The fourth-order valence-corrected chi connectivity index (χ4v) is 3.64. The van der Waals surface area contributed by atoms with Gasteiger partial charge in [0, 0.05) is 49.3 Å². The van der Waals surface area contributed by atoms with Crippen LogP contribution in [-0.4, -0.2) is 75.8 Å². The third-order valence-corrected chi connectivity index (χ3v) is 5.36. The molecular formula is C19H26BrN5O2. The molecule has 1 aromatic carbocycles. The van der Waals surface area contributed by atoms with Crippen molar-refractivity contribution in [2.24, 2.45) is 0 Å². The highest BCUT2D eigenvalue weighted by molar-refractivity contribution is 9.10. The molecule has 1 aliphatic heterocycles. The van der Waals surface area contributed by atoms with Gasteiger partial charge in [-0.3, -0.25) is 9.88 Å². The van der Waals surface area contributed by atoms with Gasteiger partial charge < -0.3 is 14.9 Å². The van der Waals surface area contributed by atoms with Crippen molar-refractivity contribution in [2.75, 3.05) is 44.2 Å². The summed E-state index contributed by atoms with van der Waals surface area (Å²) in [6.45, 7) is 10.5. The number of hydrogen-bond donors (Lipinski definition) is 1. The van der Waals surface area contributed by atoms with Crippen LogP contribution in [0.3, 0.4) is 0 Å². The molecule has 0 saturated carbocycles. The topological polar surface area (TPSA) is 72.8 Å². The van der Waals surface area contributed by atoms with Gasteiger partial charge >= 0.3 is 6.09 Å². The van der Waals surface area contributed by atoms with E-state index in [9.17, 15) is 9.90 Å². The molecule has 1 fully saturated rings. The molecule has 27 heavy (non-hydrogen) atoms. The van der Waals surface area contributed by atoms with Crippen LogP contribution in [0.2, 0.25) is 0 Å². The molecule has 1 N–H and O–H groups in total. The van der Waals surface area contributed by atoms with E-state index in [0.29, 0.717) is 6.54 Å². The van der Waals surface area contributed by atoms with E-state index >= 15 is 0 Å². The highest BCUT2D eigenvalue weighted by Crippen LogP contribution is 2.20. The molecule has 0 unspecified atom stereocenters. The molecule has 8 heteroatoms. The number of rotatable bonds is 4. The Morgan fingerprint density at radius 2 is 1.93 bits per heavy atom. The molecular weight excluding hydrogens is 410 g/mol. The average molecular weight is 436 g/mol. The van der Waals surface area contributed by atoms with Crippen molar-refractivity contribution in [2.45, 2.75) is 26.3 Å². The fraction of sp³-hybridized carbons (Fsp3) is 0.526. The van der Waals surface area contributed by atoms with Crippen LogP contribution in [0.5, 0.6) is 0 Å². The first-order valence-electron chi connectivity index (χ1n) is 9.14. The molecule has 0 atom stereocenters. The number of halogens is 1. The van der Waals surface area contributed by atoms with E-state index in [2.05, 4.69) is 30.7 Å². The van der Waals surface area contributed by atoms with Gasteiger partial charge in [0.25, 0.3) is 0 Å². The zero-order chi connectivity index (χ0) is 19.6. The number of anilines is 1. The third kappa shape index (κ3) is 4.87. The number of benzene rings is 1. The van der Waals surface area contributed by atoms with Crippen LogP contribution < -0.4 is 4.90 Å². The zero-order valence-electron chi connectivity index (χ0n) is 16.0. The van der Waals surface area contributed by atoms with Gasteiger partial charge in [-0.1, -0.05) is 15.9 Å². The van der Waals surface area contributed by atoms with Crippen LogP contribution in [0.25, 0.3) is 11.0 Å². The number of fused-ring (bicyclic) bond motifs is 1. The molecule has 2 heterocycles. The molecule has 1 aromatic heterocycles. The van der Waals surface area contributed by atoms with Crippen molar-refractivity contribution in [3.8, 4) is 0 Å². The van der Waals surface area contributed by atoms with Gasteiger partial charge in [-0.2, -0.15) is 0 Å². The first-order valence-corrected chi connectivity index (χ1v) is 9.93. The van der Waals surface area contributed by atoms with E-state index in [1.807, 2.05) is 45.2 Å². The van der Waals surface area contributed by atoms with E-state index in [1.165, 1.54) is 4.90 Å². The molecule has 3 rings (SSSR count). The smallest absolute Gasteiger partial charge is 0.407 e. The maximum Gasteiger partial charge on any atom is 0.407 e. The summed E-state index contributed by atoms with van der Waals surface area (Å²) in [6, 6.07) is 5.90. The van der Waals surface area contributed by atoms with E-state index < -0.39 is 6.09 Å². The van der Waals surface area contributed by atoms with Gasteiger partial charge in [-0.15, -0.1) is 0 Å². The predicted molar refractivity (Wildman–Crippen MR) is 110 cm³/mol. The van der Waals surface area contributed by atoms with E-state index in [0.717, 1.165) is 54.0 Å². The standard InChI is InChI=1S/C19H26BrN5O2/c1-19(2,3)25(18(26)27)11-8-23-6-9-24(10-7-23)17-13-21-15-5-4-14(20)12-16(15)22-17/h4-5,12-13H,6-11H2,1-3H3,(H,26,27). The Kier molecular flexibility index (Phi) is 5.86. The lowest BCUT2D eigenvalue weighted by molar-refractivity contribution is 0.0901. The monoisotopic (exact) mass is 435 g/mol. The lowest BCUT2D eigenvalue weighted by atomic mass is 10.1. The Morgan fingerprint density at radius 1 is 1.22 bits per heavy atom. The Morgan fingerprint density at radius 3 is 2.56 bits per heavy atom. The normalized spacial score (nSPS) is 15.9. The third-order valence-electron chi connectivity index (χ3n) is 4.87. The molecule has 7 nitrogen and oxygen atoms in total. The van der Waals surface area contributed by atoms with Crippen LogP contribution in [0.1, 0.15) is 20.8 Å². The van der Waals surface area contributed by atoms with Crippen molar-refractivity contribution < 1.29 is 9.90 Å². The van der Waals surface area contributed by atoms with Gasteiger partial charge in [0.2, 0.25) is 0 Å². The van der Waals surface area contributed by atoms with Gasteiger partial charge in [-0.25, -0.2) is 9.78 Å². The van der Waals surface area contributed by atoms with Gasteiger partial charge in [0.05, 0.1) is 17.2 Å². The number of piperazine rings is 1. The lowest BCUT2D eigenvalue weighted by Gasteiger charge is -2.38. The van der Waals surface area contributed by atoms with Crippen molar-refractivity contribution >= 4 is 38.9 Å². The van der Waals surface area contributed by atoms with Crippen molar-refractivity contribution in [1.29, 1.82) is 0 Å². The Labute approximate surface area is 168 Å². The van der Waals surface area contributed by atoms with Gasteiger partial charge in [-0.05, 0) is 39.0 Å². The maximum atomic E-state index is 11.5. The van der Waals surface area contributed by atoms with Crippen LogP contribution in [0.4, 0.5) is 10.6 Å². The van der Waals surface area contributed by atoms with Crippen molar-refractivity contribution in [3.63, 3.8) is 0 Å². The minimum Gasteiger partial charge on any atom is -0.465 e. The lowest BCUT2D eigenvalue weighted by Crippen LogP contribution is -2.52. The molecule has 1 saturated heterocycles. The Bertz CT molecular complexity index is 815. The van der Waals surface area contributed by atoms with Crippen LogP contribution in [-0.2, 0) is 0 Å². The van der Waals surface area contributed by atoms with Crippen LogP contribution in [0.15, 0.2) is 28.9 Å². The number of amides is 1. The van der Waals surface area contributed by atoms with Crippen LogP contribution in [0, 0.1) is 0 Å². The van der Waals surface area contributed by atoms with Crippen molar-refractivity contribution in [1.82, 2.24) is 19.8 Å². The second-order valence-corrected chi connectivity index (χ2v) is 8.71. The highest BCUT2D eigenvalue weighted by Gasteiger charge is 2.27. The molecule has 0 aliphatic carbocycles. The maximum absolute atomic E-state index is 11.5. The molecule has 1 amide bonds. The quantitative estimate of drug-likeness (QED) is 0.793. The second kappa shape index (κ2) is 7.98. The number of nitrogens with zero attached hydrogens (tertiary/aromatic N) is 5. The largest absolute Gasteiger partial charge is 0.465 e. The van der Waals surface area contributed by atoms with Gasteiger partial charge in [0.15, 0.2) is 0 Å². The highest BCUT2D eigenvalue weighted by atomic mass is 79.9. The Hall–Kier alpha value is -1.93. The number of aromatic nitrogens is 2. The summed E-state index contributed by atoms with van der Waals surface area (Å²) in [6.07, 6.45) is 0.969. The van der Waals surface area contributed by atoms with Gasteiger partial charge in [0.1, 0.15) is 5.82 Å². The van der Waals surface area contributed by atoms with E-state index in [-0.39, 0.29) is 5.54 Å². The van der Waals surface area contributed by atoms with Crippen molar-refractivity contribution in [3.05, 3.63) is 28.9 Å². The minimum atomic E-state index is -0.862. The molecule has 0 radical (unpaired) electrons. The van der Waals surface area contributed by atoms with Crippen LogP contribution >= 0.6 is 15.9 Å². The predicted octanol–water partition coefficient (Wildman–Crippen LogP) is 3.29. The minimum absolute atomic E-state index is 0.386. The SMILES string of the molecule is CC(C)(C)N(CCN1CCN(c2cnc3ccc(Br)cc3n2)CC1)C(=O)O. The fourth-order valence-electron chi connectivity index (χ4n) is 3.29. The first kappa shape index (κ1) is 19.8. The molecule has 0 spiro atoms. The summed E-state index contributed by atoms with van der Waals surface area (Å²) >= 11 is 3.48. The summed E-state index contributed by atoms with van der Waals surface area (Å²) in [7, 11) is 0. The van der Waals surface area contributed by atoms with E-state index in [1.54, 1.807) is 0 Å². The summed E-state index contributed by atoms with van der Waals surface area (Å²) < 4.78 is 0.994. The number of hydrogen-bond acceptors (Lipinski definition) is 5. The first-order chi connectivity index (χ1) is 12.7. The summed E-state index contributed by atoms with van der Waals surface area (Å²) in [4.78, 5) is 26.8. The summed E-state index contributed by atoms with van der Waals surface area (Å²) in [5.74, 6) is 0.891. The number of carboxylic acid groups (broad SMARTS) is 1.